The van der Waals surface area contributed by atoms with E-state index in [9.17, 15) is 8.78 Å². The minimum absolute atomic E-state index is 0.0226. The van der Waals surface area contributed by atoms with Crippen molar-refractivity contribution in [3.8, 4) is 0 Å². The standard InChI is InChI=1S/C15H23F2NO/c1-3-7-18-15(6-5-8-19-4-2)12-9-13(16)11-14(17)10-12/h9-11,15,18H,3-8H2,1-2H3. The van der Waals surface area contributed by atoms with Crippen LogP contribution in [0, 0.1) is 11.6 Å². The molecule has 4 heteroatoms. The fourth-order valence-corrected chi connectivity index (χ4v) is 2.02. The summed E-state index contributed by atoms with van der Waals surface area (Å²) in [6.07, 6.45) is 2.66. The number of nitrogens with one attached hydrogen (secondary N) is 1. The fourth-order valence-electron chi connectivity index (χ4n) is 2.02. The second-order valence-corrected chi connectivity index (χ2v) is 4.55. The number of rotatable bonds is 9. The Hall–Kier alpha value is -1.00. The summed E-state index contributed by atoms with van der Waals surface area (Å²) in [6.45, 7) is 6.23. The fraction of sp³-hybridized carbons (Fsp3) is 0.600. The SMILES string of the molecule is CCCNC(CCCOCC)c1cc(F)cc(F)c1. The predicted octanol–water partition coefficient (Wildman–Crippen LogP) is 3.82. The Morgan fingerprint density at radius 2 is 1.84 bits per heavy atom. The molecule has 0 saturated heterocycles. The molecule has 1 N–H and O–H groups in total. The van der Waals surface area contributed by atoms with E-state index in [1.54, 1.807) is 0 Å². The number of halogens is 2. The van der Waals surface area contributed by atoms with E-state index < -0.39 is 11.6 Å². The van der Waals surface area contributed by atoms with E-state index in [0.29, 0.717) is 18.8 Å². The van der Waals surface area contributed by atoms with E-state index in [1.165, 1.54) is 12.1 Å². The van der Waals surface area contributed by atoms with Gasteiger partial charge >= 0.3 is 0 Å². The van der Waals surface area contributed by atoms with Crippen LogP contribution < -0.4 is 5.32 Å². The summed E-state index contributed by atoms with van der Waals surface area (Å²) in [7, 11) is 0. The molecule has 0 aliphatic heterocycles. The zero-order valence-electron chi connectivity index (χ0n) is 11.7. The Morgan fingerprint density at radius 1 is 1.16 bits per heavy atom. The molecule has 1 rings (SSSR count). The molecule has 2 nitrogen and oxygen atoms in total. The van der Waals surface area contributed by atoms with Gasteiger partial charge in [-0.1, -0.05) is 6.92 Å². The smallest absolute Gasteiger partial charge is 0.126 e. The van der Waals surface area contributed by atoms with Gasteiger partial charge in [0.1, 0.15) is 11.6 Å². The van der Waals surface area contributed by atoms with Gasteiger partial charge in [0.15, 0.2) is 0 Å². The third kappa shape index (κ3) is 6.12. The molecule has 0 fully saturated rings. The van der Waals surface area contributed by atoms with Gasteiger partial charge < -0.3 is 10.1 Å². The Labute approximate surface area is 114 Å². The van der Waals surface area contributed by atoms with E-state index in [-0.39, 0.29) is 6.04 Å². The molecule has 0 amide bonds. The predicted molar refractivity (Wildman–Crippen MR) is 73.1 cm³/mol. The Kier molecular flexibility index (Phi) is 7.60. The molecular formula is C15H23F2NO. The largest absolute Gasteiger partial charge is 0.382 e. The number of hydrogen-bond acceptors (Lipinski definition) is 2. The summed E-state index contributed by atoms with van der Waals surface area (Å²) in [5, 5.41) is 3.33. The van der Waals surface area contributed by atoms with Crippen molar-refractivity contribution in [3.63, 3.8) is 0 Å². The Morgan fingerprint density at radius 3 is 2.42 bits per heavy atom. The summed E-state index contributed by atoms with van der Waals surface area (Å²) >= 11 is 0. The Bertz CT molecular complexity index is 351. The van der Waals surface area contributed by atoms with Crippen LogP contribution in [0.3, 0.4) is 0 Å². The van der Waals surface area contributed by atoms with Crippen LogP contribution in [0.15, 0.2) is 18.2 Å². The first kappa shape index (κ1) is 16.1. The van der Waals surface area contributed by atoms with Crippen molar-refractivity contribution in [1.82, 2.24) is 5.32 Å². The molecule has 19 heavy (non-hydrogen) atoms. The molecule has 1 aromatic rings. The third-order valence-electron chi connectivity index (χ3n) is 2.91. The first-order valence-corrected chi connectivity index (χ1v) is 6.94. The minimum Gasteiger partial charge on any atom is -0.382 e. The lowest BCUT2D eigenvalue weighted by atomic mass is 10.0. The molecular weight excluding hydrogens is 248 g/mol. The molecule has 108 valence electrons. The van der Waals surface area contributed by atoms with Gasteiger partial charge in [-0.05, 0) is 50.4 Å². The van der Waals surface area contributed by atoms with Gasteiger partial charge in [0.2, 0.25) is 0 Å². The Balaban J connectivity index is 2.65. The van der Waals surface area contributed by atoms with Gasteiger partial charge in [0, 0.05) is 25.3 Å². The van der Waals surface area contributed by atoms with Crippen LogP contribution in [0.5, 0.6) is 0 Å². The molecule has 0 heterocycles. The third-order valence-corrected chi connectivity index (χ3v) is 2.91. The van der Waals surface area contributed by atoms with Crippen LogP contribution in [0.2, 0.25) is 0 Å². The monoisotopic (exact) mass is 271 g/mol. The molecule has 0 bridgehead atoms. The maximum Gasteiger partial charge on any atom is 0.126 e. The zero-order valence-corrected chi connectivity index (χ0v) is 11.7. The maximum absolute atomic E-state index is 13.3. The summed E-state index contributed by atoms with van der Waals surface area (Å²) in [5.74, 6) is -1.05. The number of benzene rings is 1. The second-order valence-electron chi connectivity index (χ2n) is 4.55. The molecule has 0 spiro atoms. The number of hydrogen-bond donors (Lipinski definition) is 1. The molecule has 1 aromatic carbocycles. The topological polar surface area (TPSA) is 21.3 Å². The van der Waals surface area contributed by atoms with Gasteiger partial charge in [0.05, 0.1) is 0 Å². The molecule has 0 aliphatic rings. The quantitative estimate of drug-likeness (QED) is 0.689. The van der Waals surface area contributed by atoms with Crippen molar-refractivity contribution in [2.24, 2.45) is 0 Å². The molecule has 0 radical (unpaired) electrons. The summed E-state index contributed by atoms with van der Waals surface area (Å²) in [6, 6.07) is 3.68. The highest BCUT2D eigenvalue weighted by Gasteiger charge is 2.12. The molecule has 0 aromatic heterocycles. The van der Waals surface area contributed by atoms with Crippen molar-refractivity contribution in [2.75, 3.05) is 19.8 Å². The highest BCUT2D eigenvalue weighted by molar-refractivity contribution is 5.21. The van der Waals surface area contributed by atoms with Gasteiger partial charge in [-0.15, -0.1) is 0 Å². The van der Waals surface area contributed by atoms with Gasteiger partial charge in [-0.3, -0.25) is 0 Å². The lowest BCUT2D eigenvalue weighted by Gasteiger charge is -2.19. The zero-order chi connectivity index (χ0) is 14.1. The van der Waals surface area contributed by atoms with E-state index in [2.05, 4.69) is 12.2 Å². The summed E-state index contributed by atoms with van der Waals surface area (Å²) < 4.78 is 31.8. The lowest BCUT2D eigenvalue weighted by molar-refractivity contribution is 0.141. The minimum atomic E-state index is -0.525. The average molecular weight is 271 g/mol. The highest BCUT2D eigenvalue weighted by Crippen LogP contribution is 2.21. The van der Waals surface area contributed by atoms with Gasteiger partial charge in [0.25, 0.3) is 0 Å². The number of ether oxygens (including phenoxy) is 1. The average Bonchev–Trinajstić information content (AvgIpc) is 2.36. The van der Waals surface area contributed by atoms with Crippen LogP contribution in [0.1, 0.15) is 44.7 Å². The first-order chi connectivity index (χ1) is 9.17. The lowest BCUT2D eigenvalue weighted by Crippen LogP contribution is -2.23. The van der Waals surface area contributed by atoms with E-state index >= 15 is 0 Å². The van der Waals surface area contributed by atoms with Crippen molar-refractivity contribution in [3.05, 3.63) is 35.4 Å². The van der Waals surface area contributed by atoms with Crippen LogP contribution in [0.25, 0.3) is 0 Å². The first-order valence-electron chi connectivity index (χ1n) is 6.94. The van der Waals surface area contributed by atoms with Crippen molar-refractivity contribution in [2.45, 2.75) is 39.2 Å². The molecule has 1 unspecified atom stereocenters. The molecule has 1 atom stereocenters. The summed E-state index contributed by atoms with van der Waals surface area (Å²) in [5.41, 5.74) is 0.669. The molecule has 0 saturated carbocycles. The molecule has 0 aliphatic carbocycles. The summed E-state index contributed by atoms with van der Waals surface area (Å²) in [4.78, 5) is 0. The maximum atomic E-state index is 13.3. The van der Waals surface area contributed by atoms with E-state index in [1.807, 2.05) is 6.92 Å². The van der Waals surface area contributed by atoms with Crippen LogP contribution in [-0.4, -0.2) is 19.8 Å². The second kappa shape index (κ2) is 8.99. The van der Waals surface area contributed by atoms with Crippen LogP contribution in [0.4, 0.5) is 8.78 Å². The highest BCUT2D eigenvalue weighted by atomic mass is 19.1. The van der Waals surface area contributed by atoms with Crippen LogP contribution >= 0.6 is 0 Å². The van der Waals surface area contributed by atoms with Crippen LogP contribution in [-0.2, 0) is 4.74 Å². The van der Waals surface area contributed by atoms with E-state index in [4.69, 9.17) is 4.74 Å². The van der Waals surface area contributed by atoms with Gasteiger partial charge in [-0.25, -0.2) is 8.78 Å². The van der Waals surface area contributed by atoms with Crippen molar-refractivity contribution >= 4 is 0 Å². The van der Waals surface area contributed by atoms with Crippen molar-refractivity contribution < 1.29 is 13.5 Å². The van der Waals surface area contributed by atoms with Crippen molar-refractivity contribution in [1.29, 1.82) is 0 Å². The van der Waals surface area contributed by atoms with Gasteiger partial charge in [-0.2, -0.15) is 0 Å². The normalized spacial score (nSPS) is 12.6. The van der Waals surface area contributed by atoms with E-state index in [0.717, 1.165) is 31.9 Å².